The third kappa shape index (κ3) is 1.17. The standard InChI is InChI=1S/C16H8Cl2/c17-13-8-14(18)16-11-5-2-1-4-9(11)10-6-3-7-12(13)15(10)16/h1-8H. The third-order valence-electron chi connectivity index (χ3n) is 3.55. The summed E-state index contributed by atoms with van der Waals surface area (Å²) in [6.45, 7) is 0. The minimum atomic E-state index is 0.716. The van der Waals surface area contributed by atoms with Gasteiger partial charge in [0.2, 0.25) is 0 Å². The Morgan fingerprint density at radius 3 is 2.22 bits per heavy atom. The molecule has 3 aromatic carbocycles. The summed E-state index contributed by atoms with van der Waals surface area (Å²) in [7, 11) is 0. The molecule has 0 spiro atoms. The Bertz CT molecular complexity index is 804. The molecule has 0 radical (unpaired) electrons. The average Bonchev–Trinajstić information content (AvgIpc) is 2.72. The van der Waals surface area contributed by atoms with E-state index in [-0.39, 0.29) is 0 Å². The van der Waals surface area contributed by atoms with Crippen LogP contribution in [0, 0.1) is 0 Å². The van der Waals surface area contributed by atoms with Gasteiger partial charge in [-0.05, 0) is 22.8 Å². The molecule has 1 aliphatic carbocycles. The van der Waals surface area contributed by atoms with Crippen LogP contribution in [0.15, 0.2) is 48.5 Å². The predicted molar refractivity (Wildman–Crippen MR) is 78.4 cm³/mol. The maximum atomic E-state index is 6.39. The number of benzene rings is 3. The summed E-state index contributed by atoms with van der Waals surface area (Å²) in [6, 6.07) is 16.4. The van der Waals surface area contributed by atoms with Crippen molar-refractivity contribution in [3.8, 4) is 22.3 Å². The molecule has 4 rings (SSSR count). The monoisotopic (exact) mass is 270 g/mol. The highest BCUT2D eigenvalue weighted by Crippen LogP contribution is 2.51. The van der Waals surface area contributed by atoms with Gasteiger partial charge in [0.05, 0.1) is 5.02 Å². The minimum Gasteiger partial charge on any atom is -0.0836 e. The Labute approximate surface area is 115 Å². The van der Waals surface area contributed by atoms with E-state index in [1.165, 1.54) is 22.1 Å². The molecule has 0 unspecified atom stereocenters. The van der Waals surface area contributed by atoms with Gasteiger partial charge in [-0.1, -0.05) is 65.7 Å². The number of fused-ring (bicyclic) bond motifs is 3. The molecule has 0 saturated heterocycles. The maximum Gasteiger partial charge on any atom is 0.0506 e. The van der Waals surface area contributed by atoms with E-state index in [0.717, 1.165) is 16.0 Å². The molecule has 0 amide bonds. The SMILES string of the molecule is Clc1cc(Cl)c2cccc3c2c1-c1ccccc1-3. The third-order valence-corrected chi connectivity index (χ3v) is 4.16. The van der Waals surface area contributed by atoms with E-state index in [9.17, 15) is 0 Å². The second-order valence-corrected chi connectivity index (χ2v) is 5.30. The van der Waals surface area contributed by atoms with Crippen molar-refractivity contribution in [1.29, 1.82) is 0 Å². The van der Waals surface area contributed by atoms with Crippen LogP contribution in [0.1, 0.15) is 0 Å². The van der Waals surface area contributed by atoms with Gasteiger partial charge >= 0.3 is 0 Å². The number of rotatable bonds is 0. The summed E-state index contributed by atoms with van der Waals surface area (Å²) in [5.74, 6) is 0. The summed E-state index contributed by atoms with van der Waals surface area (Å²) in [6.07, 6.45) is 0. The van der Waals surface area contributed by atoms with Gasteiger partial charge in [0.15, 0.2) is 0 Å². The van der Waals surface area contributed by atoms with Gasteiger partial charge in [-0.3, -0.25) is 0 Å². The molecule has 0 aromatic heterocycles. The molecule has 0 aliphatic heterocycles. The summed E-state index contributed by atoms with van der Waals surface area (Å²) < 4.78 is 0. The van der Waals surface area contributed by atoms with Crippen LogP contribution in [-0.4, -0.2) is 0 Å². The van der Waals surface area contributed by atoms with E-state index >= 15 is 0 Å². The lowest BCUT2D eigenvalue weighted by Gasteiger charge is -2.06. The van der Waals surface area contributed by atoms with Crippen LogP contribution < -0.4 is 0 Å². The number of hydrogen-bond acceptors (Lipinski definition) is 0. The molecule has 3 aromatic rings. The second-order valence-electron chi connectivity index (χ2n) is 4.49. The van der Waals surface area contributed by atoms with Gasteiger partial charge in [-0.15, -0.1) is 0 Å². The van der Waals surface area contributed by atoms with Gasteiger partial charge in [0.1, 0.15) is 0 Å². The molecule has 18 heavy (non-hydrogen) atoms. The highest BCUT2D eigenvalue weighted by molar-refractivity contribution is 6.42. The van der Waals surface area contributed by atoms with Crippen molar-refractivity contribution in [2.24, 2.45) is 0 Å². The van der Waals surface area contributed by atoms with Gasteiger partial charge in [0.25, 0.3) is 0 Å². The molecule has 0 nitrogen and oxygen atoms in total. The smallest absolute Gasteiger partial charge is 0.0506 e. The van der Waals surface area contributed by atoms with Gasteiger partial charge in [-0.25, -0.2) is 0 Å². The van der Waals surface area contributed by atoms with Gasteiger partial charge < -0.3 is 0 Å². The predicted octanol–water partition coefficient (Wildman–Crippen LogP) is 5.79. The first kappa shape index (κ1) is 10.4. The fourth-order valence-corrected chi connectivity index (χ4v) is 3.45. The minimum absolute atomic E-state index is 0.716. The number of halogens is 2. The van der Waals surface area contributed by atoms with E-state index in [4.69, 9.17) is 23.2 Å². The van der Waals surface area contributed by atoms with Crippen LogP contribution in [0.5, 0.6) is 0 Å². The fourth-order valence-electron chi connectivity index (χ4n) is 2.83. The molecular weight excluding hydrogens is 263 g/mol. The first-order chi connectivity index (χ1) is 8.77. The zero-order valence-corrected chi connectivity index (χ0v) is 10.9. The molecule has 1 aliphatic rings. The lowest BCUT2D eigenvalue weighted by Crippen LogP contribution is -1.79. The zero-order chi connectivity index (χ0) is 12.3. The number of hydrogen-bond donors (Lipinski definition) is 0. The topological polar surface area (TPSA) is 0 Å². The zero-order valence-electron chi connectivity index (χ0n) is 9.37. The Kier molecular flexibility index (Phi) is 2.03. The summed E-state index contributed by atoms with van der Waals surface area (Å²) in [4.78, 5) is 0. The van der Waals surface area contributed by atoms with Crippen molar-refractivity contribution in [1.82, 2.24) is 0 Å². The second kappa shape index (κ2) is 3.50. The normalized spacial score (nSPS) is 11.9. The van der Waals surface area contributed by atoms with Crippen molar-refractivity contribution in [3.05, 3.63) is 58.6 Å². The van der Waals surface area contributed by atoms with E-state index in [2.05, 4.69) is 24.3 Å². The van der Waals surface area contributed by atoms with E-state index < -0.39 is 0 Å². The highest BCUT2D eigenvalue weighted by atomic mass is 35.5. The molecular formula is C16H8Cl2. The summed E-state index contributed by atoms with van der Waals surface area (Å²) in [5, 5.41) is 3.69. The van der Waals surface area contributed by atoms with Crippen LogP contribution >= 0.6 is 23.2 Å². The fraction of sp³-hybridized carbons (Fsp3) is 0. The van der Waals surface area contributed by atoms with E-state index in [1.807, 2.05) is 24.3 Å². The molecule has 0 saturated carbocycles. The van der Waals surface area contributed by atoms with Crippen LogP contribution in [0.3, 0.4) is 0 Å². The highest BCUT2D eigenvalue weighted by Gasteiger charge is 2.24. The Hall–Kier alpha value is -1.50. The van der Waals surface area contributed by atoms with Crippen molar-refractivity contribution < 1.29 is 0 Å². The Morgan fingerprint density at radius 1 is 0.667 bits per heavy atom. The first-order valence-corrected chi connectivity index (χ1v) is 6.53. The van der Waals surface area contributed by atoms with Crippen molar-refractivity contribution >= 4 is 34.0 Å². The van der Waals surface area contributed by atoms with E-state index in [1.54, 1.807) is 0 Å². The van der Waals surface area contributed by atoms with Crippen LogP contribution in [-0.2, 0) is 0 Å². The van der Waals surface area contributed by atoms with Crippen molar-refractivity contribution in [3.63, 3.8) is 0 Å². The van der Waals surface area contributed by atoms with Crippen molar-refractivity contribution in [2.45, 2.75) is 0 Å². The molecule has 0 N–H and O–H groups in total. The molecule has 0 atom stereocenters. The summed E-state index contributed by atoms with van der Waals surface area (Å²) >= 11 is 12.7. The first-order valence-electron chi connectivity index (χ1n) is 5.78. The largest absolute Gasteiger partial charge is 0.0836 e. The van der Waals surface area contributed by atoms with Crippen LogP contribution in [0.2, 0.25) is 10.0 Å². The maximum absolute atomic E-state index is 6.39. The molecule has 0 fully saturated rings. The quantitative estimate of drug-likeness (QED) is 0.379. The average molecular weight is 271 g/mol. The molecule has 2 heteroatoms. The summed E-state index contributed by atoms with van der Waals surface area (Å²) in [5.41, 5.74) is 4.78. The molecule has 0 heterocycles. The van der Waals surface area contributed by atoms with E-state index in [0.29, 0.717) is 5.02 Å². The van der Waals surface area contributed by atoms with Crippen LogP contribution in [0.25, 0.3) is 33.0 Å². The van der Waals surface area contributed by atoms with Crippen molar-refractivity contribution in [2.75, 3.05) is 0 Å². The molecule has 86 valence electrons. The lowest BCUT2D eigenvalue weighted by molar-refractivity contribution is 1.69. The molecule has 0 bridgehead atoms. The Balaban J connectivity index is 2.33. The Morgan fingerprint density at radius 2 is 1.39 bits per heavy atom. The van der Waals surface area contributed by atoms with Gasteiger partial charge in [-0.2, -0.15) is 0 Å². The van der Waals surface area contributed by atoms with Gasteiger partial charge in [0, 0.05) is 21.4 Å². The lowest BCUT2D eigenvalue weighted by atomic mass is 10.0. The van der Waals surface area contributed by atoms with Crippen LogP contribution in [0.4, 0.5) is 0 Å².